The van der Waals surface area contributed by atoms with Crippen molar-refractivity contribution in [2.75, 3.05) is 4.90 Å². The van der Waals surface area contributed by atoms with Crippen molar-refractivity contribution in [3.8, 4) is 44.5 Å². The van der Waals surface area contributed by atoms with Crippen molar-refractivity contribution in [2.24, 2.45) is 0 Å². The monoisotopic (exact) mass is 789 g/mol. The van der Waals surface area contributed by atoms with Crippen LogP contribution in [-0.4, -0.2) is 0 Å². The topological polar surface area (TPSA) is 3.24 Å². The summed E-state index contributed by atoms with van der Waals surface area (Å²) in [4.78, 5) is 2.33. The van der Waals surface area contributed by atoms with E-state index < -0.39 is 0 Å². The lowest BCUT2D eigenvalue weighted by Crippen LogP contribution is -2.15. The molecule has 0 amide bonds. The number of benzene rings is 11. The molecule has 0 N–H and O–H groups in total. The summed E-state index contributed by atoms with van der Waals surface area (Å²) in [5.41, 5.74) is 16.0. The van der Waals surface area contributed by atoms with Gasteiger partial charge in [0, 0.05) is 22.5 Å². The molecule has 1 nitrogen and oxygen atoms in total. The molecule has 1 aliphatic rings. The maximum atomic E-state index is 2.40. The average Bonchev–Trinajstić information content (AvgIpc) is 3.58. The van der Waals surface area contributed by atoms with Gasteiger partial charge in [0.15, 0.2) is 0 Å². The highest BCUT2D eigenvalue weighted by atomic mass is 15.1. The van der Waals surface area contributed by atoms with E-state index >= 15 is 0 Å². The number of para-hydroxylation sites is 2. The fourth-order valence-electron chi connectivity index (χ4n) is 10.6. The summed E-state index contributed by atoms with van der Waals surface area (Å²) in [5, 5.41) is 10.4. The molecule has 0 saturated heterocycles. The van der Waals surface area contributed by atoms with E-state index in [0.717, 1.165) is 17.1 Å². The van der Waals surface area contributed by atoms with Crippen LogP contribution in [0.2, 0.25) is 0 Å². The first-order valence-corrected chi connectivity index (χ1v) is 21.7. The summed E-state index contributed by atoms with van der Waals surface area (Å²) >= 11 is 0. The highest BCUT2D eigenvalue weighted by molar-refractivity contribution is 6.25. The van der Waals surface area contributed by atoms with Gasteiger partial charge in [-0.1, -0.05) is 196 Å². The smallest absolute Gasteiger partial charge is 0.0462 e. The third-order valence-corrected chi connectivity index (χ3v) is 13.4. The van der Waals surface area contributed by atoms with Crippen LogP contribution < -0.4 is 4.90 Å². The molecule has 0 unspecified atom stereocenters. The van der Waals surface area contributed by atoms with Gasteiger partial charge >= 0.3 is 0 Å². The third-order valence-electron chi connectivity index (χ3n) is 13.4. The highest BCUT2D eigenvalue weighted by Crippen LogP contribution is 2.58. The number of fused-ring (bicyclic) bond motifs is 11. The summed E-state index contributed by atoms with van der Waals surface area (Å²) in [5.74, 6) is 0. The second-order valence-corrected chi connectivity index (χ2v) is 17.2. The predicted octanol–water partition coefficient (Wildman–Crippen LogP) is 17.1. The van der Waals surface area contributed by atoms with Gasteiger partial charge in [-0.25, -0.2) is 0 Å². The van der Waals surface area contributed by atoms with E-state index in [9.17, 15) is 0 Å². The average molecular weight is 790 g/mol. The summed E-state index contributed by atoms with van der Waals surface area (Å²) in [6, 6.07) is 82.7. The molecule has 0 fully saturated rings. The van der Waals surface area contributed by atoms with Gasteiger partial charge in [0.25, 0.3) is 0 Å². The zero-order valence-electron chi connectivity index (χ0n) is 34.8. The van der Waals surface area contributed by atoms with Gasteiger partial charge in [-0.2, -0.15) is 0 Å². The Kier molecular flexibility index (Phi) is 8.27. The van der Waals surface area contributed by atoms with Crippen molar-refractivity contribution >= 4 is 60.2 Å². The van der Waals surface area contributed by atoms with Crippen molar-refractivity contribution in [2.45, 2.75) is 19.3 Å². The predicted molar refractivity (Wildman–Crippen MR) is 265 cm³/mol. The van der Waals surface area contributed by atoms with Crippen LogP contribution in [0.15, 0.2) is 224 Å². The minimum Gasteiger partial charge on any atom is -0.311 e. The van der Waals surface area contributed by atoms with Crippen molar-refractivity contribution in [1.29, 1.82) is 0 Å². The van der Waals surface area contributed by atoms with Crippen molar-refractivity contribution in [3.05, 3.63) is 236 Å². The molecule has 0 aromatic heterocycles. The molecule has 0 heterocycles. The Hall–Kier alpha value is -7.74. The molecular weight excluding hydrogens is 747 g/mol. The van der Waals surface area contributed by atoms with E-state index in [0.29, 0.717) is 0 Å². The number of anilines is 3. The minimum absolute atomic E-state index is 0.174. The van der Waals surface area contributed by atoms with Gasteiger partial charge < -0.3 is 4.90 Å². The second kappa shape index (κ2) is 14.2. The van der Waals surface area contributed by atoms with Crippen LogP contribution >= 0.6 is 0 Å². The summed E-state index contributed by atoms with van der Waals surface area (Å²) in [6.45, 7) is 4.81. The molecule has 0 bridgehead atoms. The summed E-state index contributed by atoms with van der Waals surface area (Å²) in [6.07, 6.45) is 0. The SMILES string of the molecule is CC1(C)c2ccccc2-c2c(-c3ccc(-c4ccc5c6ccccc6c6ccccc6c5c4)cc3)c(-c3ccc(N(c4ccccc4)c4ccccc4)cc3)c3ccccc3c21. The first kappa shape index (κ1) is 36.1. The van der Waals surface area contributed by atoms with Crippen molar-refractivity contribution < 1.29 is 0 Å². The third kappa shape index (κ3) is 5.55. The molecule has 0 aliphatic heterocycles. The van der Waals surface area contributed by atoms with Gasteiger partial charge in [0.1, 0.15) is 0 Å². The fourth-order valence-corrected chi connectivity index (χ4v) is 10.6. The Morgan fingerprint density at radius 1 is 0.290 bits per heavy atom. The van der Waals surface area contributed by atoms with Gasteiger partial charge in [-0.3, -0.25) is 0 Å². The van der Waals surface area contributed by atoms with Crippen LogP contribution in [0.4, 0.5) is 17.1 Å². The van der Waals surface area contributed by atoms with E-state index in [1.54, 1.807) is 0 Å². The number of rotatable bonds is 6. The molecule has 11 aromatic carbocycles. The lowest BCUT2D eigenvalue weighted by molar-refractivity contribution is 0.666. The molecule has 1 aliphatic carbocycles. The minimum atomic E-state index is -0.174. The standard InChI is InChI=1S/C61H43N/c1-61(2)56-28-16-15-27-54(56)59-58(42-31-29-40(30-32-42)43-35-38-51-49-23-10-9-21-47(49)48-22-11-12-24-50(48)55(51)39-43)57(52-25-13-14-26-53(52)60(59)61)41-33-36-46(37-34-41)62(44-17-5-3-6-18-44)45-19-7-4-8-20-45/h3-39H,1-2H3. The van der Waals surface area contributed by atoms with E-state index in [-0.39, 0.29) is 5.41 Å². The first-order chi connectivity index (χ1) is 30.5. The maximum Gasteiger partial charge on any atom is 0.0462 e. The van der Waals surface area contributed by atoms with Gasteiger partial charge in [-0.15, -0.1) is 0 Å². The number of hydrogen-bond donors (Lipinski definition) is 0. The lowest BCUT2D eigenvalue weighted by Gasteiger charge is -2.27. The molecule has 1 heteroatoms. The molecule has 0 radical (unpaired) electrons. The van der Waals surface area contributed by atoms with Crippen LogP contribution in [0.5, 0.6) is 0 Å². The van der Waals surface area contributed by atoms with E-state index in [1.807, 2.05) is 0 Å². The molecule has 0 saturated carbocycles. The van der Waals surface area contributed by atoms with E-state index in [1.165, 1.54) is 98.7 Å². The van der Waals surface area contributed by atoms with Crippen LogP contribution in [0.25, 0.3) is 87.6 Å². The summed E-state index contributed by atoms with van der Waals surface area (Å²) < 4.78 is 0. The van der Waals surface area contributed by atoms with Crippen molar-refractivity contribution in [1.82, 2.24) is 0 Å². The Balaban J connectivity index is 1.06. The Morgan fingerprint density at radius 2 is 0.710 bits per heavy atom. The highest BCUT2D eigenvalue weighted by Gasteiger charge is 2.40. The van der Waals surface area contributed by atoms with Crippen LogP contribution in [0.3, 0.4) is 0 Å². The Bertz CT molecular complexity index is 3430. The van der Waals surface area contributed by atoms with Crippen molar-refractivity contribution in [3.63, 3.8) is 0 Å². The van der Waals surface area contributed by atoms with E-state index in [2.05, 4.69) is 243 Å². The molecule has 0 atom stereocenters. The molecule has 11 aromatic rings. The Labute approximate surface area is 362 Å². The molecule has 12 rings (SSSR count). The van der Waals surface area contributed by atoms with Gasteiger partial charge in [0.2, 0.25) is 0 Å². The Morgan fingerprint density at radius 3 is 1.32 bits per heavy atom. The molecule has 0 spiro atoms. The van der Waals surface area contributed by atoms with Gasteiger partial charge in [0.05, 0.1) is 0 Å². The van der Waals surface area contributed by atoms with Crippen LogP contribution in [-0.2, 0) is 5.41 Å². The number of nitrogens with zero attached hydrogens (tertiary/aromatic N) is 1. The second-order valence-electron chi connectivity index (χ2n) is 17.2. The lowest BCUT2D eigenvalue weighted by atomic mass is 9.77. The zero-order valence-corrected chi connectivity index (χ0v) is 34.8. The van der Waals surface area contributed by atoms with Crippen LogP contribution in [0.1, 0.15) is 25.0 Å². The largest absolute Gasteiger partial charge is 0.311 e. The zero-order chi connectivity index (χ0) is 41.4. The quantitative estimate of drug-likeness (QED) is 0.152. The number of hydrogen-bond acceptors (Lipinski definition) is 1. The summed E-state index contributed by atoms with van der Waals surface area (Å²) in [7, 11) is 0. The molecule has 62 heavy (non-hydrogen) atoms. The maximum absolute atomic E-state index is 2.40. The molecule has 292 valence electrons. The normalized spacial score (nSPS) is 12.8. The molecular formula is C61H43N. The fraction of sp³-hybridized carbons (Fsp3) is 0.0492. The first-order valence-electron chi connectivity index (χ1n) is 21.7. The van der Waals surface area contributed by atoms with Gasteiger partial charge in [-0.05, 0) is 141 Å². The van der Waals surface area contributed by atoms with Crippen LogP contribution in [0, 0.1) is 0 Å². The van der Waals surface area contributed by atoms with E-state index in [4.69, 9.17) is 0 Å².